The molecule has 1 heterocycles. The van der Waals surface area contributed by atoms with Gasteiger partial charge in [0.1, 0.15) is 0 Å². The van der Waals surface area contributed by atoms with Crippen molar-refractivity contribution in [2.75, 3.05) is 0 Å². The van der Waals surface area contributed by atoms with Gasteiger partial charge >= 0.3 is 7.12 Å². The second-order valence-electron chi connectivity index (χ2n) is 2.28. The fourth-order valence-electron chi connectivity index (χ4n) is 0.829. The molecule has 0 saturated heterocycles. The summed E-state index contributed by atoms with van der Waals surface area (Å²) in [5.74, 6) is 0. The molecule has 1 rings (SSSR count). The van der Waals surface area contributed by atoms with E-state index in [0.29, 0.717) is 5.56 Å². The van der Waals surface area contributed by atoms with Gasteiger partial charge in [0, 0.05) is 35.0 Å². The number of aromatic nitrogens is 1. The summed E-state index contributed by atoms with van der Waals surface area (Å²) in [6, 6.07) is 0. The molecule has 0 fully saturated rings. The van der Waals surface area contributed by atoms with Crippen molar-refractivity contribution in [1.82, 2.24) is 4.98 Å². The van der Waals surface area contributed by atoms with Crippen LogP contribution in [0.3, 0.4) is 0 Å². The molecule has 1 aromatic heterocycles. The van der Waals surface area contributed by atoms with Gasteiger partial charge in [0.25, 0.3) is 0 Å². The molecule has 0 saturated carbocycles. The Labute approximate surface area is 75.1 Å². The molecular formula is C6H8BClN2O2. The number of nitrogens with zero attached hydrogens (tertiary/aromatic N) is 1. The summed E-state index contributed by atoms with van der Waals surface area (Å²) in [7, 11) is -1.60. The van der Waals surface area contributed by atoms with E-state index in [1.54, 1.807) is 0 Å². The summed E-state index contributed by atoms with van der Waals surface area (Å²) in [5, 5.41) is 17.9. The van der Waals surface area contributed by atoms with E-state index < -0.39 is 7.12 Å². The molecule has 12 heavy (non-hydrogen) atoms. The molecule has 0 spiro atoms. The van der Waals surface area contributed by atoms with E-state index in [9.17, 15) is 0 Å². The van der Waals surface area contributed by atoms with Gasteiger partial charge in [-0.2, -0.15) is 0 Å². The lowest BCUT2D eigenvalue weighted by molar-refractivity contribution is 0.425. The standard InChI is InChI=1S/C6H8BClN2O2/c8-6-4(1-9)2-10-3-5(6)7(11)12/h2-3,11-12H,1,9H2. The fourth-order valence-corrected chi connectivity index (χ4v) is 1.10. The van der Waals surface area contributed by atoms with Gasteiger partial charge in [-0.3, -0.25) is 4.98 Å². The smallest absolute Gasteiger partial charge is 0.423 e. The first-order valence-electron chi connectivity index (χ1n) is 3.35. The van der Waals surface area contributed by atoms with Crippen molar-refractivity contribution in [3.63, 3.8) is 0 Å². The predicted octanol–water partition coefficient (Wildman–Crippen LogP) is -1.13. The summed E-state index contributed by atoms with van der Waals surface area (Å²) in [4.78, 5) is 3.75. The Morgan fingerprint density at radius 2 is 2.17 bits per heavy atom. The molecule has 0 unspecified atom stereocenters. The molecular weight excluding hydrogens is 178 g/mol. The predicted molar refractivity (Wildman–Crippen MR) is 47.0 cm³/mol. The van der Waals surface area contributed by atoms with E-state index in [2.05, 4.69) is 4.98 Å². The molecule has 6 heteroatoms. The van der Waals surface area contributed by atoms with Crippen molar-refractivity contribution >= 4 is 24.2 Å². The maximum absolute atomic E-state index is 8.81. The lowest BCUT2D eigenvalue weighted by Crippen LogP contribution is -2.32. The maximum atomic E-state index is 8.81. The van der Waals surface area contributed by atoms with Gasteiger partial charge in [0.05, 0.1) is 0 Å². The molecule has 64 valence electrons. The molecule has 0 aliphatic rings. The van der Waals surface area contributed by atoms with E-state index in [1.807, 2.05) is 0 Å². The third kappa shape index (κ3) is 1.76. The van der Waals surface area contributed by atoms with Crippen LogP contribution in [0.2, 0.25) is 5.02 Å². The highest BCUT2D eigenvalue weighted by atomic mass is 35.5. The number of nitrogens with two attached hydrogens (primary N) is 1. The van der Waals surface area contributed by atoms with Gasteiger partial charge in [0.15, 0.2) is 0 Å². The van der Waals surface area contributed by atoms with Crippen LogP contribution in [0.15, 0.2) is 12.4 Å². The Morgan fingerprint density at radius 3 is 2.67 bits per heavy atom. The average Bonchev–Trinajstić information content (AvgIpc) is 2.04. The zero-order valence-corrected chi connectivity index (χ0v) is 6.99. The number of halogens is 1. The van der Waals surface area contributed by atoms with Gasteiger partial charge in [-0.15, -0.1) is 0 Å². The summed E-state index contributed by atoms with van der Waals surface area (Å²) in [6.07, 6.45) is 2.79. The summed E-state index contributed by atoms with van der Waals surface area (Å²) in [5.41, 5.74) is 6.11. The van der Waals surface area contributed by atoms with Crippen LogP contribution in [0, 0.1) is 0 Å². The first-order valence-corrected chi connectivity index (χ1v) is 3.73. The summed E-state index contributed by atoms with van der Waals surface area (Å²) in [6.45, 7) is 0.229. The quantitative estimate of drug-likeness (QED) is 0.511. The van der Waals surface area contributed by atoms with Crippen LogP contribution >= 0.6 is 11.6 Å². The van der Waals surface area contributed by atoms with E-state index in [1.165, 1.54) is 12.4 Å². The molecule has 0 atom stereocenters. The minimum atomic E-state index is -1.60. The first-order chi connectivity index (χ1) is 5.66. The molecule has 0 aliphatic heterocycles. The van der Waals surface area contributed by atoms with Crippen molar-refractivity contribution in [3.8, 4) is 0 Å². The highest BCUT2D eigenvalue weighted by Crippen LogP contribution is 2.10. The number of hydrogen-bond donors (Lipinski definition) is 3. The third-order valence-electron chi connectivity index (χ3n) is 1.48. The van der Waals surface area contributed by atoms with Crippen LogP contribution in [0.5, 0.6) is 0 Å². The molecule has 1 aromatic rings. The van der Waals surface area contributed by atoms with Crippen LogP contribution in [-0.2, 0) is 6.54 Å². The van der Waals surface area contributed by atoms with E-state index in [-0.39, 0.29) is 17.0 Å². The van der Waals surface area contributed by atoms with Crippen LogP contribution in [0.4, 0.5) is 0 Å². The van der Waals surface area contributed by atoms with Crippen LogP contribution in [0.25, 0.3) is 0 Å². The van der Waals surface area contributed by atoms with Gasteiger partial charge < -0.3 is 15.8 Å². The number of hydrogen-bond acceptors (Lipinski definition) is 4. The minimum Gasteiger partial charge on any atom is -0.423 e. The lowest BCUT2D eigenvalue weighted by atomic mass is 9.81. The summed E-state index contributed by atoms with van der Waals surface area (Å²) < 4.78 is 0. The van der Waals surface area contributed by atoms with Gasteiger partial charge in [-0.25, -0.2) is 0 Å². The molecule has 0 aliphatic carbocycles. The van der Waals surface area contributed by atoms with E-state index in [4.69, 9.17) is 27.4 Å². The summed E-state index contributed by atoms with van der Waals surface area (Å²) >= 11 is 5.76. The fraction of sp³-hybridized carbons (Fsp3) is 0.167. The van der Waals surface area contributed by atoms with Crippen LogP contribution in [0.1, 0.15) is 5.56 Å². The Kier molecular flexibility index (Phi) is 3.05. The van der Waals surface area contributed by atoms with Gasteiger partial charge in [-0.05, 0) is 0 Å². The van der Waals surface area contributed by atoms with Gasteiger partial charge in [-0.1, -0.05) is 11.6 Å². The second-order valence-corrected chi connectivity index (χ2v) is 2.66. The monoisotopic (exact) mass is 186 g/mol. The highest BCUT2D eigenvalue weighted by molar-refractivity contribution is 6.62. The second kappa shape index (κ2) is 3.86. The van der Waals surface area contributed by atoms with Crippen molar-refractivity contribution in [2.24, 2.45) is 5.73 Å². The topological polar surface area (TPSA) is 79.4 Å². The molecule has 0 bridgehead atoms. The van der Waals surface area contributed by atoms with Crippen molar-refractivity contribution < 1.29 is 10.0 Å². The highest BCUT2D eigenvalue weighted by Gasteiger charge is 2.17. The molecule has 0 amide bonds. The molecule has 0 aromatic carbocycles. The van der Waals surface area contributed by atoms with Crippen molar-refractivity contribution in [2.45, 2.75) is 6.54 Å². The number of pyridine rings is 1. The van der Waals surface area contributed by atoms with E-state index in [0.717, 1.165) is 0 Å². The minimum absolute atomic E-state index is 0.180. The van der Waals surface area contributed by atoms with Crippen LogP contribution in [-0.4, -0.2) is 22.2 Å². The largest absolute Gasteiger partial charge is 0.491 e. The Bertz CT molecular complexity index is 282. The van der Waals surface area contributed by atoms with Crippen molar-refractivity contribution in [1.29, 1.82) is 0 Å². The SMILES string of the molecule is NCc1cncc(B(O)O)c1Cl. The lowest BCUT2D eigenvalue weighted by Gasteiger charge is -2.05. The molecule has 4 nitrogen and oxygen atoms in total. The Morgan fingerprint density at radius 1 is 1.50 bits per heavy atom. The normalized spacial score (nSPS) is 10.0. The zero-order valence-electron chi connectivity index (χ0n) is 6.24. The third-order valence-corrected chi connectivity index (χ3v) is 1.94. The number of rotatable bonds is 2. The van der Waals surface area contributed by atoms with E-state index >= 15 is 0 Å². The molecule has 0 radical (unpaired) electrons. The zero-order chi connectivity index (χ0) is 9.14. The Hall–Kier alpha value is -0.615. The van der Waals surface area contributed by atoms with Crippen LogP contribution < -0.4 is 11.2 Å². The first kappa shape index (κ1) is 9.47. The Balaban J connectivity index is 3.14. The molecule has 4 N–H and O–H groups in total. The maximum Gasteiger partial charge on any atom is 0.491 e. The van der Waals surface area contributed by atoms with Crippen molar-refractivity contribution in [3.05, 3.63) is 23.0 Å². The average molecular weight is 186 g/mol. The van der Waals surface area contributed by atoms with Gasteiger partial charge in [0.2, 0.25) is 0 Å².